The Morgan fingerprint density at radius 2 is 1.89 bits per heavy atom. The molecule has 0 saturated heterocycles. The highest BCUT2D eigenvalue weighted by atomic mass is 35.5. The summed E-state index contributed by atoms with van der Waals surface area (Å²) in [7, 11) is 1.86. The minimum Gasteiger partial charge on any atom is -0.373 e. The molecule has 1 aromatic heterocycles. The first-order chi connectivity index (χ1) is 8.72. The van der Waals surface area contributed by atoms with E-state index < -0.39 is 0 Å². The van der Waals surface area contributed by atoms with Crippen molar-refractivity contribution in [1.29, 1.82) is 0 Å². The third kappa shape index (κ3) is 2.99. The molecule has 1 aromatic carbocycles. The van der Waals surface area contributed by atoms with Crippen LogP contribution in [0, 0.1) is 0 Å². The fourth-order valence-electron chi connectivity index (χ4n) is 1.74. The molecule has 0 amide bonds. The largest absolute Gasteiger partial charge is 0.373 e. The third-order valence-corrected chi connectivity index (χ3v) is 2.90. The van der Waals surface area contributed by atoms with Gasteiger partial charge >= 0.3 is 0 Å². The highest BCUT2D eigenvalue weighted by Crippen LogP contribution is 2.20. The van der Waals surface area contributed by atoms with Crippen LogP contribution in [-0.2, 0) is 6.42 Å². The fraction of sp³-hybridized carbons (Fsp3) is 0.286. The summed E-state index contributed by atoms with van der Waals surface area (Å²) in [6, 6.07) is 9.57. The van der Waals surface area contributed by atoms with E-state index in [9.17, 15) is 0 Å². The zero-order chi connectivity index (χ0) is 13.0. The van der Waals surface area contributed by atoms with Gasteiger partial charge in [0.05, 0.1) is 0 Å². The van der Waals surface area contributed by atoms with Crippen molar-refractivity contribution < 1.29 is 0 Å². The molecular formula is C14H16ClN3. The smallest absolute Gasteiger partial charge is 0.161 e. The van der Waals surface area contributed by atoms with Crippen molar-refractivity contribution in [3.05, 3.63) is 41.0 Å². The van der Waals surface area contributed by atoms with Gasteiger partial charge in [0, 0.05) is 29.4 Å². The van der Waals surface area contributed by atoms with E-state index in [0.717, 1.165) is 40.8 Å². The van der Waals surface area contributed by atoms with Crippen molar-refractivity contribution >= 4 is 17.4 Å². The first-order valence-electron chi connectivity index (χ1n) is 6.04. The maximum absolute atomic E-state index is 5.89. The molecular weight excluding hydrogens is 246 g/mol. The number of hydrogen-bond acceptors (Lipinski definition) is 3. The molecule has 4 heteroatoms. The van der Waals surface area contributed by atoms with Crippen molar-refractivity contribution in [2.75, 3.05) is 12.4 Å². The molecule has 0 atom stereocenters. The lowest BCUT2D eigenvalue weighted by Gasteiger charge is -2.07. The van der Waals surface area contributed by atoms with Crippen LogP contribution in [-0.4, -0.2) is 17.0 Å². The minimum absolute atomic E-state index is 0.720. The summed E-state index contributed by atoms with van der Waals surface area (Å²) < 4.78 is 0. The SMILES string of the molecule is CCCc1cc(NC)nc(-c2ccc(Cl)cc2)n1. The second kappa shape index (κ2) is 5.83. The van der Waals surface area contributed by atoms with Gasteiger partial charge in [-0.25, -0.2) is 9.97 Å². The molecule has 3 nitrogen and oxygen atoms in total. The van der Waals surface area contributed by atoms with Crippen LogP contribution in [0.25, 0.3) is 11.4 Å². The van der Waals surface area contributed by atoms with E-state index in [4.69, 9.17) is 11.6 Å². The Bertz CT molecular complexity index is 523. The van der Waals surface area contributed by atoms with Crippen LogP contribution in [0.4, 0.5) is 5.82 Å². The van der Waals surface area contributed by atoms with Crippen LogP contribution < -0.4 is 5.32 Å². The average Bonchev–Trinajstić information content (AvgIpc) is 2.39. The molecule has 0 unspecified atom stereocenters. The summed E-state index contributed by atoms with van der Waals surface area (Å²) in [4.78, 5) is 9.05. The van der Waals surface area contributed by atoms with Gasteiger partial charge < -0.3 is 5.32 Å². The number of hydrogen-bond donors (Lipinski definition) is 1. The van der Waals surface area contributed by atoms with Crippen LogP contribution >= 0.6 is 11.6 Å². The van der Waals surface area contributed by atoms with Gasteiger partial charge in [0.1, 0.15) is 5.82 Å². The molecule has 2 rings (SSSR count). The predicted molar refractivity (Wildman–Crippen MR) is 76.0 cm³/mol. The molecule has 0 aliphatic heterocycles. The Morgan fingerprint density at radius 1 is 1.17 bits per heavy atom. The van der Waals surface area contributed by atoms with Gasteiger partial charge in [-0.15, -0.1) is 0 Å². The summed E-state index contributed by atoms with van der Waals surface area (Å²) in [5, 5.41) is 3.79. The summed E-state index contributed by atoms with van der Waals surface area (Å²) in [5.74, 6) is 1.58. The lowest BCUT2D eigenvalue weighted by molar-refractivity contribution is 0.876. The molecule has 0 aliphatic carbocycles. The second-order valence-corrected chi connectivity index (χ2v) is 4.51. The van der Waals surface area contributed by atoms with Crippen molar-refractivity contribution in [3.8, 4) is 11.4 Å². The highest BCUT2D eigenvalue weighted by molar-refractivity contribution is 6.30. The Balaban J connectivity index is 2.42. The Labute approximate surface area is 112 Å². The molecule has 1 heterocycles. The van der Waals surface area contributed by atoms with Crippen LogP contribution in [0.15, 0.2) is 30.3 Å². The van der Waals surface area contributed by atoms with Gasteiger partial charge in [-0.05, 0) is 30.7 Å². The van der Waals surface area contributed by atoms with Crippen LogP contribution in [0.5, 0.6) is 0 Å². The zero-order valence-corrected chi connectivity index (χ0v) is 11.3. The van der Waals surface area contributed by atoms with Crippen molar-refractivity contribution in [2.24, 2.45) is 0 Å². The van der Waals surface area contributed by atoms with Gasteiger partial charge in [0.25, 0.3) is 0 Å². The molecule has 94 valence electrons. The van der Waals surface area contributed by atoms with E-state index in [1.165, 1.54) is 0 Å². The molecule has 0 saturated carbocycles. The van der Waals surface area contributed by atoms with Gasteiger partial charge in [0.15, 0.2) is 5.82 Å². The van der Waals surface area contributed by atoms with E-state index >= 15 is 0 Å². The predicted octanol–water partition coefficient (Wildman–Crippen LogP) is 3.79. The molecule has 0 radical (unpaired) electrons. The van der Waals surface area contributed by atoms with E-state index in [1.54, 1.807) is 0 Å². The molecule has 0 aliphatic rings. The second-order valence-electron chi connectivity index (χ2n) is 4.08. The molecule has 0 spiro atoms. The monoisotopic (exact) mass is 261 g/mol. The number of rotatable bonds is 4. The molecule has 1 N–H and O–H groups in total. The first kappa shape index (κ1) is 12.8. The maximum Gasteiger partial charge on any atom is 0.161 e. The van der Waals surface area contributed by atoms with Crippen molar-refractivity contribution in [2.45, 2.75) is 19.8 Å². The normalized spacial score (nSPS) is 10.4. The van der Waals surface area contributed by atoms with Gasteiger partial charge in [-0.2, -0.15) is 0 Å². The van der Waals surface area contributed by atoms with Gasteiger partial charge in [0.2, 0.25) is 0 Å². The fourth-order valence-corrected chi connectivity index (χ4v) is 1.86. The van der Waals surface area contributed by atoms with Crippen molar-refractivity contribution in [3.63, 3.8) is 0 Å². The van der Waals surface area contributed by atoms with E-state index in [0.29, 0.717) is 0 Å². The zero-order valence-electron chi connectivity index (χ0n) is 10.6. The van der Waals surface area contributed by atoms with E-state index in [2.05, 4.69) is 22.2 Å². The number of aromatic nitrogens is 2. The average molecular weight is 262 g/mol. The van der Waals surface area contributed by atoms with Gasteiger partial charge in [-0.3, -0.25) is 0 Å². The summed E-state index contributed by atoms with van der Waals surface area (Å²) in [5.41, 5.74) is 2.04. The Hall–Kier alpha value is -1.61. The lowest BCUT2D eigenvalue weighted by Crippen LogP contribution is -2.00. The Kier molecular flexibility index (Phi) is 4.15. The summed E-state index contributed by atoms with van der Waals surface area (Å²) in [6.07, 6.45) is 2.03. The summed E-state index contributed by atoms with van der Waals surface area (Å²) in [6.45, 7) is 2.14. The standard InChI is InChI=1S/C14H16ClN3/c1-3-4-12-9-13(16-2)18-14(17-12)10-5-7-11(15)8-6-10/h5-9H,3-4H2,1-2H3,(H,16,17,18). The van der Waals surface area contributed by atoms with Gasteiger partial charge in [-0.1, -0.05) is 24.9 Å². The molecule has 0 bridgehead atoms. The van der Waals surface area contributed by atoms with Crippen LogP contribution in [0.3, 0.4) is 0 Å². The quantitative estimate of drug-likeness (QED) is 0.910. The highest BCUT2D eigenvalue weighted by Gasteiger charge is 2.06. The van der Waals surface area contributed by atoms with E-state index in [-0.39, 0.29) is 0 Å². The minimum atomic E-state index is 0.720. The van der Waals surface area contributed by atoms with Crippen LogP contribution in [0.2, 0.25) is 5.02 Å². The number of aryl methyl sites for hydroxylation is 1. The number of halogens is 1. The maximum atomic E-state index is 5.89. The molecule has 2 aromatic rings. The molecule has 18 heavy (non-hydrogen) atoms. The third-order valence-electron chi connectivity index (χ3n) is 2.64. The number of anilines is 1. The number of benzene rings is 1. The number of nitrogens with zero attached hydrogens (tertiary/aromatic N) is 2. The summed E-state index contributed by atoms with van der Waals surface area (Å²) >= 11 is 5.89. The van der Waals surface area contributed by atoms with Crippen LogP contribution in [0.1, 0.15) is 19.0 Å². The van der Waals surface area contributed by atoms with Crippen molar-refractivity contribution in [1.82, 2.24) is 9.97 Å². The first-order valence-corrected chi connectivity index (χ1v) is 6.42. The number of nitrogens with one attached hydrogen (secondary N) is 1. The lowest BCUT2D eigenvalue weighted by atomic mass is 10.2. The topological polar surface area (TPSA) is 37.8 Å². The molecule has 0 fully saturated rings. The van der Waals surface area contributed by atoms with E-state index in [1.807, 2.05) is 37.4 Å². The Morgan fingerprint density at radius 3 is 2.50 bits per heavy atom.